The van der Waals surface area contributed by atoms with Crippen molar-refractivity contribution < 1.29 is 35.9 Å². The van der Waals surface area contributed by atoms with Crippen molar-refractivity contribution in [3.05, 3.63) is 47.7 Å². The highest BCUT2D eigenvalue weighted by atomic mass is 32.2. The van der Waals surface area contributed by atoms with Crippen LogP contribution in [-0.2, 0) is 16.6 Å². The normalized spacial score (nSPS) is 12.3. The van der Waals surface area contributed by atoms with Crippen LogP contribution in [0.5, 0.6) is 11.6 Å². The summed E-state index contributed by atoms with van der Waals surface area (Å²) in [6, 6.07) is 6.71. The van der Waals surface area contributed by atoms with Crippen LogP contribution >= 0.6 is 0 Å². The first-order valence-electron chi connectivity index (χ1n) is 9.35. The molecule has 1 amide bonds. The lowest BCUT2D eigenvalue weighted by Crippen LogP contribution is -2.40. The number of carbonyl (C=O) groups is 1. The van der Waals surface area contributed by atoms with Crippen molar-refractivity contribution in [2.45, 2.75) is 43.9 Å². The number of rotatable bonds is 8. The standard InChI is InChI=1S/C20H24F3N3O5S/c1-19(2,3)26-32(28,29)16-10-14(5-6-15(16)30-4)18(27)25-11-13-7-8-24-17(9-13)31-12-20(21,22)23/h5-10,26H,11-12H2,1-4H3,(H,25,27). The average Bonchev–Trinajstić information content (AvgIpc) is 2.68. The van der Waals surface area contributed by atoms with Crippen LogP contribution in [0.1, 0.15) is 36.7 Å². The Labute approximate surface area is 184 Å². The van der Waals surface area contributed by atoms with Crippen molar-refractivity contribution in [1.82, 2.24) is 15.0 Å². The van der Waals surface area contributed by atoms with Gasteiger partial charge in [-0.15, -0.1) is 0 Å². The van der Waals surface area contributed by atoms with Gasteiger partial charge in [-0.25, -0.2) is 18.1 Å². The number of nitrogens with one attached hydrogen (secondary N) is 2. The van der Waals surface area contributed by atoms with E-state index < -0.39 is 34.3 Å². The number of methoxy groups -OCH3 is 1. The van der Waals surface area contributed by atoms with Gasteiger partial charge in [-0.2, -0.15) is 13.2 Å². The fourth-order valence-electron chi connectivity index (χ4n) is 2.57. The number of halogens is 3. The molecule has 0 radical (unpaired) electrons. The van der Waals surface area contributed by atoms with Crippen molar-refractivity contribution in [3.63, 3.8) is 0 Å². The largest absolute Gasteiger partial charge is 0.495 e. The van der Waals surface area contributed by atoms with Crippen LogP contribution < -0.4 is 19.5 Å². The lowest BCUT2D eigenvalue weighted by Gasteiger charge is -2.21. The third-order valence-corrected chi connectivity index (χ3v) is 5.57. The van der Waals surface area contributed by atoms with Crippen LogP contribution in [0.4, 0.5) is 13.2 Å². The Morgan fingerprint density at radius 3 is 2.41 bits per heavy atom. The summed E-state index contributed by atoms with van der Waals surface area (Å²) in [5.74, 6) is -0.756. The Balaban J connectivity index is 2.16. The number of alkyl halides is 3. The first-order chi connectivity index (χ1) is 14.7. The minimum absolute atomic E-state index is 0.0436. The van der Waals surface area contributed by atoms with Crippen LogP contribution in [0.3, 0.4) is 0 Å². The molecule has 0 aliphatic carbocycles. The van der Waals surface area contributed by atoms with Crippen molar-refractivity contribution >= 4 is 15.9 Å². The molecule has 0 aliphatic heterocycles. The molecule has 0 fully saturated rings. The summed E-state index contributed by atoms with van der Waals surface area (Å²) in [6.07, 6.45) is -3.25. The number of pyridine rings is 1. The number of aromatic nitrogens is 1. The molecule has 0 saturated heterocycles. The smallest absolute Gasteiger partial charge is 0.422 e. The van der Waals surface area contributed by atoms with Gasteiger partial charge < -0.3 is 14.8 Å². The van der Waals surface area contributed by atoms with E-state index in [0.717, 1.165) is 0 Å². The Bertz CT molecular complexity index is 1070. The highest BCUT2D eigenvalue weighted by Gasteiger charge is 2.29. The Kier molecular flexibility index (Phi) is 7.73. The fourth-order valence-corrected chi connectivity index (χ4v) is 4.18. The van der Waals surface area contributed by atoms with Crippen LogP contribution in [-0.4, -0.2) is 44.7 Å². The third-order valence-electron chi connectivity index (χ3n) is 3.79. The van der Waals surface area contributed by atoms with Gasteiger partial charge in [0.25, 0.3) is 5.91 Å². The molecule has 1 heterocycles. The molecule has 2 rings (SSSR count). The average molecular weight is 475 g/mol. The predicted molar refractivity (Wildman–Crippen MR) is 110 cm³/mol. The second-order valence-corrected chi connectivity index (χ2v) is 9.46. The molecule has 0 unspecified atom stereocenters. The molecule has 2 aromatic rings. The Hall–Kier alpha value is -2.86. The molecule has 0 spiro atoms. The van der Waals surface area contributed by atoms with Gasteiger partial charge in [0.2, 0.25) is 15.9 Å². The summed E-state index contributed by atoms with van der Waals surface area (Å²) in [7, 11) is -2.67. The van der Waals surface area contributed by atoms with E-state index in [-0.39, 0.29) is 28.6 Å². The first-order valence-corrected chi connectivity index (χ1v) is 10.8. The molecule has 1 aromatic carbocycles. The monoisotopic (exact) mass is 475 g/mol. The van der Waals surface area contributed by atoms with Crippen molar-refractivity contribution in [3.8, 4) is 11.6 Å². The summed E-state index contributed by atoms with van der Waals surface area (Å²) in [5.41, 5.74) is -0.251. The minimum atomic E-state index is -4.50. The Morgan fingerprint density at radius 1 is 1.12 bits per heavy atom. The molecule has 12 heteroatoms. The zero-order valence-corrected chi connectivity index (χ0v) is 18.7. The number of carbonyl (C=O) groups excluding carboxylic acids is 1. The molecule has 8 nitrogen and oxygen atoms in total. The highest BCUT2D eigenvalue weighted by molar-refractivity contribution is 7.89. The van der Waals surface area contributed by atoms with Crippen LogP contribution in [0.25, 0.3) is 0 Å². The van der Waals surface area contributed by atoms with Gasteiger partial charge in [-0.3, -0.25) is 4.79 Å². The van der Waals surface area contributed by atoms with Gasteiger partial charge >= 0.3 is 6.18 Å². The molecular weight excluding hydrogens is 451 g/mol. The van der Waals surface area contributed by atoms with Crippen molar-refractivity contribution in [2.75, 3.05) is 13.7 Å². The number of benzene rings is 1. The second-order valence-electron chi connectivity index (χ2n) is 7.81. The van der Waals surface area contributed by atoms with E-state index in [9.17, 15) is 26.4 Å². The van der Waals surface area contributed by atoms with E-state index >= 15 is 0 Å². The molecule has 176 valence electrons. The molecule has 2 N–H and O–H groups in total. The quantitative estimate of drug-likeness (QED) is 0.608. The maximum absolute atomic E-state index is 12.7. The predicted octanol–water partition coefficient (Wildman–Crippen LogP) is 3.04. The van der Waals surface area contributed by atoms with Gasteiger partial charge in [0.15, 0.2) is 6.61 Å². The van der Waals surface area contributed by atoms with Gasteiger partial charge in [-0.1, -0.05) is 0 Å². The lowest BCUT2D eigenvalue weighted by atomic mass is 10.1. The zero-order valence-electron chi connectivity index (χ0n) is 17.9. The number of hydrogen-bond donors (Lipinski definition) is 2. The highest BCUT2D eigenvalue weighted by Crippen LogP contribution is 2.26. The summed E-state index contributed by atoms with van der Waals surface area (Å²) in [6.45, 7) is 3.50. The van der Waals surface area contributed by atoms with E-state index in [1.165, 1.54) is 43.6 Å². The lowest BCUT2D eigenvalue weighted by molar-refractivity contribution is -0.154. The maximum Gasteiger partial charge on any atom is 0.422 e. The molecule has 0 atom stereocenters. The number of nitrogens with zero attached hydrogens (tertiary/aromatic N) is 1. The number of ether oxygens (including phenoxy) is 2. The van der Waals surface area contributed by atoms with Gasteiger partial charge in [0, 0.05) is 29.9 Å². The van der Waals surface area contributed by atoms with Gasteiger partial charge in [0.05, 0.1) is 7.11 Å². The summed E-state index contributed by atoms with van der Waals surface area (Å²) in [5, 5.41) is 2.58. The minimum Gasteiger partial charge on any atom is -0.495 e. The number of sulfonamides is 1. The third kappa shape index (κ3) is 7.68. The van der Waals surface area contributed by atoms with E-state index in [1.807, 2.05) is 0 Å². The number of amides is 1. The summed E-state index contributed by atoms with van der Waals surface area (Å²) < 4.78 is 74.5. The zero-order chi connectivity index (χ0) is 24.2. The molecule has 0 bridgehead atoms. The van der Waals surface area contributed by atoms with Crippen LogP contribution in [0, 0.1) is 0 Å². The van der Waals surface area contributed by atoms with E-state index in [1.54, 1.807) is 20.8 Å². The molecule has 1 aromatic heterocycles. The maximum atomic E-state index is 12.7. The summed E-state index contributed by atoms with van der Waals surface area (Å²) >= 11 is 0. The molecule has 0 saturated carbocycles. The van der Waals surface area contributed by atoms with E-state index in [2.05, 4.69) is 19.8 Å². The van der Waals surface area contributed by atoms with Crippen molar-refractivity contribution in [1.29, 1.82) is 0 Å². The fraction of sp³-hybridized carbons (Fsp3) is 0.400. The second kappa shape index (κ2) is 9.74. The van der Waals surface area contributed by atoms with Crippen LogP contribution in [0.15, 0.2) is 41.4 Å². The van der Waals surface area contributed by atoms with E-state index in [0.29, 0.717) is 5.56 Å². The van der Waals surface area contributed by atoms with E-state index in [4.69, 9.17) is 4.74 Å². The van der Waals surface area contributed by atoms with Gasteiger partial charge in [0.1, 0.15) is 10.6 Å². The first kappa shape index (κ1) is 25.4. The SMILES string of the molecule is COc1ccc(C(=O)NCc2ccnc(OCC(F)(F)F)c2)cc1S(=O)(=O)NC(C)(C)C. The Morgan fingerprint density at radius 2 is 1.81 bits per heavy atom. The molecule has 32 heavy (non-hydrogen) atoms. The topological polar surface area (TPSA) is 107 Å². The van der Waals surface area contributed by atoms with Crippen molar-refractivity contribution in [2.24, 2.45) is 0 Å². The van der Waals surface area contributed by atoms with Gasteiger partial charge in [-0.05, 0) is 50.6 Å². The van der Waals surface area contributed by atoms with Crippen LogP contribution in [0.2, 0.25) is 0 Å². The number of hydrogen-bond acceptors (Lipinski definition) is 6. The molecular formula is C20H24F3N3O5S. The molecule has 0 aliphatic rings. The summed E-state index contributed by atoms with van der Waals surface area (Å²) in [4.78, 5) is 16.1.